The molecule has 20 heavy (non-hydrogen) atoms. The smallest absolute Gasteiger partial charge is 0.0346 e. The summed E-state index contributed by atoms with van der Waals surface area (Å²) >= 11 is 0. The van der Waals surface area contributed by atoms with Crippen molar-refractivity contribution in [1.82, 2.24) is 4.90 Å². The molecule has 1 fully saturated rings. The number of anilines is 1. The van der Waals surface area contributed by atoms with Gasteiger partial charge in [-0.1, -0.05) is 12.6 Å². The standard InChI is InChI=1S/C17H27N3/c1-12-11-17(19)13(2)10-16(12)15-5-8-20(9-6-15)7-4-14(3)18/h10-11,15H,3-9,18-19H2,1-2H3. The Bertz CT molecular complexity index is 485. The number of benzene rings is 1. The molecule has 1 aromatic carbocycles. The first-order valence-electron chi connectivity index (χ1n) is 7.49. The van der Waals surface area contributed by atoms with Crippen LogP contribution in [0.5, 0.6) is 0 Å². The molecule has 1 heterocycles. The average molecular weight is 273 g/mol. The molecule has 0 aliphatic carbocycles. The minimum absolute atomic E-state index is 0.673. The Hall–Kier alpha value is -1.48. The lowest BCUT2D eigenvalue weighted by Gasteiger charge is -2.33. The zero-order valence-corrected chi connectivity index (χ0v) is 12.8. The van der Waals surface area contributed by atoms with Gasteiger partial charge < -0.3 is 16.4 Å². The van der Waals surface area contributed by atoms with Crippen LogP contribution in [0.15, 0.2) is 24.4 Å². The monoisotopic (exact) mass is 273 g/mol. The van der Waals surface area contributed by atoms with Gasteiger partial charge >= 0.3 is 0 Å². The largest absolute Gasteiger partial charge is 0.402 e. The first-order valence-corrected chi connectivity index (χ1v) is 7.49. The summed E-state index contributed by atoms with van der Waals surface area (Å²) in [5.41, 5.74) is 17.3. The first-order chi connectivity index (χ1) is 9.47. The van der Waals surface area contributed by atoms with Gasteiger partial charge in [-0.25, -0.2) is 0 Å². The van der Waals surface area contributed by atoms with Crippen LogP contribution in [-0.2, 0) is 0 Å². The SMILES string of the molecule is C=C(N)CCN1CCC(c2cc(C)c(N)cc2C)CC1. The predicted molar refractivity (Wildman–Crippen MR) is 86.7 cm³/mol. The van der Waals surface area contributed by atoms with Crippen LogP contribution < -0.4 is 11.5 Å². The van der Waals surface area contributed by atoms with E-state index >= 15 is 0 Å². The minimum Gasteiger partial charge on any atom is -0.402 e. The van der Waals surface area contributed by atoms with E-state index in [0.29, 0.717) is 5.92 Å². The molecular formula is C17H27N3. The Balaban J connectivity index is 1.97. The Morgan fingerprint density at radius 2 is 1.90 bits per heavy atom. The molecule has 1 aromatic rings. The van der Waals surface area contributed by atoms with Crippen LogP contribution in [0.4, 0.5) is 5.69 Å². The number of aryl methyl sites for hydroxylation is 2. The Morgan fingerprint density at radius 3 is 2.50 bits per heavy atom. The normalized spacial score (nSPS) is 17.3. The van der Waals surface area contributed by atoms with Crippen LogP contribution in [0.1, 0.15) is 41.9 Å². The summed E-state index contributed by atoms with van der Waals surface area (Å²) in [4.78, 5) is 2.49. The summed E-state index contributed by atoms with van der Waals surface area (Å²) in [6.45, 7) is 11.4. The lowest BCUT2D eigenvalue weighted by atomic mass is 9.85. The molecule has 0 saturated carbocycles. The van der Waals surface area contributed by atoms with Crippen molar-refractivity contribution in [3.05, 3.63) is 41.1 Å². The van der Waals surface area contributed by atoms with Gasteiger partial charge in [-0.15, -0.1) is 0 Å². The third-order valence-corrected chi connectivity index (χ3v) is 4.43. The van der Waals surface area contributed by atoms with Gasteiger partial charge in [-0.05, 0) is 74.9 Å². The van der Waals surface area contributed by atoms with Crippen LogP contribution in [0.25, 0.3) is 0 Å². The molecule has 0 atom stereocenters. The van der Waals surface area contributed by atoms with Crippen molar-refractivity contribution in [3.63, 3.8) is 0 Å². The lowest BCUT2D eigenvalue weighted by Crippen LogP contribution is -2.34. The summed E-state index contributed by atoms with van der Waals surface area (Å²) < 4.78 is 0. The van der Waals surface area contributed by atoms with E-state index in [1.807, 2.05) is 0 Å². The molecular weight excluding hydrogens is 246 g/mol. The highest BCUT2D eigenvalue weighted by atomic mass is 15.1. The second-order valence-corrected chi connectivity index (χ2v) is 6.09. The minimum atomic E-state index is 0.673. The van der Waals surface area contributed by atoms with E-state index in [1.165, 1.54) is 29.5 Å². The van der Waals surface area contributed by atoms with Crippen LogP contribution in [0.2, 0.25) is 0 Å². The van der Waals surface area contributed by atoms with Gasteiger partial charge in [0, 0.05) is 17.9 Å². The molecule has 1 saturated heterocycles. The number of nitrogens with zero attached hydrogens (tertiary/aromatic N) is 1. The maximum absolute atomic E-state index is 5.98. The average Bonchev–Trinajstić information content (AvgIpc) is 2.41. The molecule has 0 amide bonds. The third-order valence-electron chi connectivity index (χ3n) is 4.43. The predicted octanol–water partition coefficient (Wildman–Crippen LogP) is 2.93. The Kier molecular flexibility index (Phi) is 4.71. The maximum Gasteiger partial charge on any atom is 0.0346 e. The molecule has 0 bridgehead atoms. The van der Waals surface area contributed by atoms with E-state index in [1.54, 1.807) is 0 Å². The molecule has 1 aliphatic heterocycles. The number of rotatable bonds is 4. The second-order valence-electron chi connectivity index (χ2n) is 6.09. The lowest BCUT2D eigenvalue weighted by molar-refractivity contribution is 0.214. The molecule has 3 nitrogen and oxygen atoms in total. The summed E-state index contributed by atoms with van der Waals surface area (Å²) in [6.07, 6.45) is 3.35. The van der Waals surface area contributed by atoms with E-state index in [4.69, 9.17) is 11.5 Å². The molecule has 4 N–H and O–H groups in total. The number of nitrogen functional groups attached to an aromatic ring is 1. The first kappa shape index (κ1) is 14.9. The van der Waals surface area contributed by atoms with Crippen molar-refractivity contribution < 1.29 is 0 Å². The van der Waals surface area contributed by atoms with E-state index in [-0.39, 0.29) is 0 Å². The highest BCUT2D eigenvalue weighted by Gasteiger charge is 2.22. The number of hydrogen-bond acceptors (Lipinski definition) is 3. The van der Waals surface area contributed by atoms with Crippen molar-refractivity contribution in [2.24, 2.45) is 5.73 Å². The number of nitrogens with two attached hydrogens (primary N) is 2. The topological polar surface area (TPSA) is 55.3 Å². The van der Waals surface area contributed by atoms with Crippen molar-refractivity contribution in [1.29, 1.82) is 0 Å². The Labute approximate surface area is 122 Å². The van der Waals surface area contributed by atoms with Crippen LogP contribution in [0, 0.1) is 13.8 Å². The summed E-state index contributed by atoms with van der Waals surface area (Å²) in [5, 5.41) is 0. The van der Waals surface area contributed by atoms with Crippen LogP contribution >= 0.6 is 0 Å². The molecule has 3 heteroatoms. The van der Waals surface area contributed by atoms with E-state index in [9.17, 15) is 0 Å². The van der Waals surface area contributed by atoms with Gasteiger partial charge in [0.15, 0.2) is 0 Å². The van der Waals surface area contributed by atoms with Crippen LogP contribution in [-0.4, -0.2) is 24.5 Å². The zero-order chi connectivity index (χ0) is 14.7. The number of likely N-dealkylation sites (tertiary alicyclic amines) is 1. The van der Waals surface area contributed by atoms with Crippen molar-refractivity contribution in [2.75, 3.05) is 25.4 Å². The highest BCUT2D eigenvalue weighted by Crippen LogP contribution is 2.32. The fourth-order valence-electron chi connectivity index (χ4n) is 3.07. The highest BCUT2D eigenvalue weighted by molar-refractivity contribution is 5.52. The van der Waals surface area contributed by atoms with Crippen molar-refractivity contribution >= 4 is 5.69 Å². The van der Waals surface area contributed by atoms with Crippen LogP contribution in [0.3, 0.4) is 0 Å². The van der Waals surface area contributed by atoms with E-state index < -0.39 is 0 Å². The van der Waals surface area contributed by atoms with Gasteiger partial charge in [0.2, 0.25) is 0 Å². The van der Waals surface area contributed by atoms with E-state index in [2.05, 4.69) is 37.5 Å². The third kappa shape index (κ3) is 3.54. The maximum atomic E-state index is 5.98. The summed E-state index contributed by atoms with van der Waals surface area (Å²) in [5.74, 6) is 0.673. The summed E-state index contributed by atoms with van der Waals surface area (Å²) in [7, 11) is 0. The van der Waals surface area contributed by atoms with Gasteiger partial charge in [0.05, 0.1) is 0 Å². The van der Waals surface area contributed by atoms with Crippen molar-refractivity contribution in [3.8, 4) is 0 Å². The number of piperidine rings is 1. The molecule has 2 rings (SSSR count). The van der Waals surface area contributed by atoms with Gasteiger partial charge in [-0.3, -0.25) is 0 Å². The summed E-state index contributed by atoms with van der Waals surface area (Å²) in [6, 6.07) is 4.40. The number of hydrogen-bond donors (Lipinski definition) is 2. The zero-order valence-electron chi connectivity index (χ0n) is 12.8. The van der Waals surface area contributed by atoms with Gasteiger partial charge in [0.1, 0.15) is 0 Å². The molecule has 0 unspecified atom stereocenters. The molecule has 110 valence electrons. The van der Waals surface area contributed by atoms with E-state index in [0.717, 1.165) is 37.4 Å². The second kappa shape index (κ2) is 6.31. The van der Waals surface area contributed by atoms with Gasteiger partial charge in [0.25, 0.3) is 0 Å². The van der Waals surface area contributed by atoms with Gasteiger partial charge in [-0.2, -0.15) is 0 Å². The molecule has 1 aliphatic rings. The fourth-order valence-corrected chi connectivity index (χ4v) is 3.07. The van der Waals surface area contributed by atoms with Crippen molar-refractivity contribution in [2.45, 2.75) is 39.0 Å². The molecule has 0 radical (unpaired) electrons. The Morgan fingerprint density at radius 1 is 1.25 bits per heavy atom. The quantitative estimate of drug-likeness (QED) is 0.829. The fraction of sp³-hybridized carbons (Fsp3) is 0.529. The molecule has 0 spiro atoms. The molecule has 0 aromatic heterocycles.